The zero-order valence-corrected chi connectivity index (χ0v) is 9.90. The van der Waals surface area contributed by atoms with Crippen molar-refractivity contribution in [2.75, 3.05) is 9.76 Å². The van der Waals surface area contributed by atoms with Gasteiger partial charge in [0.2, 0.25) is 0 Å². The van der Waals surface area contributed by atoms with Crippen LogP contribution < -0.4 is 0 Å². The molecule has 10 heavy (non-hydrogen) atoms. The lowest BCUT2D eigenvalue weighted by molar-refractivity contribution is 0.736. The summed E-state index contributed by atoms with van der Waals surface area (Å²) >= 11 is 5.77. The summed E-state index contributed by atoms with van der Waals surface area (Å²) in [5.41, 5.74) is 0. The molecule has 0 rings (SSSR count). The highest BCUT2D eigenvalue weighted by atomic mass is 127. The second-order valence-electron chi connectivity index (χ2n) is 2.16. The van der Waals surface area contributed by atoms with Gasteiger partial charge in [-0.3, -0.25) is 0 Å². The standard InChI is InChI=1S/C8H14BrI/c9-7-5-3-1-2-4-6-8-10/h4,6H,1-3,5,7-8H2. The molecule has 0 unspecified atom stereocenters. The number of halogens is 2. The maximum absolute atomic E-state index is 3.41. The van der Waals surface area contributed by atoms with Crippen molar-refractivity contribution in [1.82, 2.24) is 0 Å². The molecule has 0 bridgehead atoms. The third-order valence-corrected chi connectivity index (χ3v) is 2.33. The summed E-state index contributed by atoms with van der Waals surface area (Å²) in [6, 6.07) is 0. The lowest BCUT2D eigenvalue weighted by Gasteiger charge is -1.92. The van der Waals surface area contributed by atoms with E-state index in [1.54, 1.807) is 0 Å². The van der Waals surface area contributed by atoms with Gasteiger partial charge in [-0.25, -0.2) is 0 Å². The van der Waals surface area contributed by atoms with Crippen molar-refractivity contribution < 1.29 is 0 Å². The van der Waals surface area contributed by atoms with Crippen molar-refractivity contribution >= 4 is 38.5 Å². The Hall–Kier alpha value is 0.950. The molecule has 0 N–H and O–H groups in total. The van der Waals surface area contributed by atoms with Gasteiger partial charge >= 0.3 is 0 Å². The molecule has 0 aliphatic carbocycles. The van der Waals surface area contributed by atoms with Crippen LogP contribution >= 0.6 is 38.5 Å². The Labute approximate surface area is 85.7 Å². The van der Waals surface area contributed by atoms with Crippen LogP contribution in [-0.2, 0) is 0 Å². The van der Waals surface area contributed by atoms with E-state index in [1.807, 2.05) is 0 Å². The monoisotopic (exact) mass is 316 g/mol. The van der Waals surface area contributed by atoms with E-state index in [1.165, 1.54) is 25.7 Å². The maximum atomic E-state index is 3.41. The summed E-state index contributed by atoms with van der Waals surface area (Å²) in [7, 11) is 0. The summed E-state index contributed by atoms with van der Waals surface area (Å²) in [5, 5.41) is 1.16. The van der Waals surface area contributed by atoms with E-state index in [2.05, 4.69) is 50.7 Å². The van der Waals surface area contributed by atoms with Crippen molar-refractivity contribution in [2.24, 2.45) is 0 Å². The molecule has 0 saturated carbocycles. The first-order valence-corrected chi connectivity index (χ1v) is 6.33. The molecule has 0 spiro atoms. The molecule has 0 saturated heterocycles. The molecule has 0 heterocycles. The van der Waals surface area contributed by atoms with Crippen molar-refractivity contribution in [2.45, 2.75) is 25.7 Å². The zero-order valence-electron chi connectivity index (χ0n) is 6.15. The lowest BCUT2D eigenvalue weighted by Crippen LogP contribution is -1.75. The molecular formula is C8H14BrI. The van der Waals surface area contributed by atoms with Gasteiger partial charge in [0.25, 0.3) is 0 Å². The minimum absolute atomic E-state index is 1.15. The summed E-state index contributed by atoms with van der Waals surface area (Å²) in [6.45, 7) is 0. The first kappa shape index (κ1) is 11.0. The Morgan fingerprint density at radius 2 is 1.90 bits per heavy atom. The molecule has 0 aliphatic rings. The van der Waals surface area contributed by atoms with E-state index in [0.717, 1.165) is 9.76 Å². The zero-order chi connectivity index (χ0) is 7.66. The summed E-state index contributed by atoms with van der Waals surface area (Å²) in [4.78, 5) is 0. The molecule has 0 radical (unpaired) electrons. The van der Waals surface area contributed by atoms with Crippen LogP contribution in [-0.4, -0.2) is 9.76 Å². The molecule has 0 fully saturated rings. The van der Waals surface area contributed by atoms with Crippen molar-refractivity contribution in [3.63, 3.8) is 0 Å². The highest BCUT2D eigenvalue weighted by molar-refractivity contribution is 14.1. The normalized spacial score (nSPS) is 11.0. The highest BCUT2D eigenvalue weighted by Gasteiger charge is 1.83. The molecule has 0 amide bonds. The van der Waals surface area contributed by atoms with Crippen LogP contribution in [0.1, 0.15) is 25.7 Å². The van der Waals surface area contributed by atoms with Gasteiger partial charge in [0.15, 0.2) is 0 Å². The SMILES string of the molecule is BrCCCCCC=CCI. The van der Waals surface area contributed by atoms with E-state index in [0.29, 0.717) is 0 Å². The number of allylic oxidation sites excluding steroid dienone is 2. The molecule has 0 aromatic rings. The number of hydrogen-bond acceptors (Lipinski definition) is 0. The van der Waals surface area contributed by atoms with Gasteiger partial charge in [-0.1, -0.05) is 57.1 Å². The fourth-order valence-corrected chi connectivity index (χ4v) is 1.47. The van der Waals surface area contributed by atoms with E-state index in [4.69, 9.17) is 0 Å². The Bertz CT molecular complexity index is 81.3. The van der Waals surface area contributed by atoms with Gasteiger partial charge in [-0.05, 0) is 19.3 Å². The van der Waals surface area contributed by atoms with Gasteiger partial charge in [0.05, 0.1) is 0 Å². The fourth-order valence-electron chi connectivity index (χ4n) is 0.714. The molecule has 2 heteroatoms. The Morgan fingerprint density at radius 3 is 2.50 bits per heavy atom. The number of alkyl halides is 2. The van der Waals surface area contributed by atoms with E-state index in [-0.39, 0.29) is 0 Å². The smallest absolute Gasteiger partial charge is 0.0175 e. The minimum Gasteiger partial charge on any atom is -0.0928 e. The van der Waals surface area contributed by atoms with Gasteiger partial charge in [0, 0.05) is 9.76 Å². The molecule has 0 aromatic carbocycles. The first-order valence-electron chi connectivity index (χ1n) is 3.68. The van der Waals surface area contributed by atoms with E-state index in [9.17, 15) is 0 Å². The predicted octanol–water partition coefficient (Wildman–Crippen LogP) is 3.93. The highest BCUT2D eigenvalue weighted by Crippen LogP contribution is 2.02. The third-order valence-electron chi connectivity index (χ3n) is 1.26. The van der Waals surface area contributed by atoms with E-state index >= 15 is 0 Å². The second kappa shape index (κ2) is 9.95. The first-order chi connectivity index (χ1) is 4.91. The number of rotatable bonds is 6. The third kappa shape index (κ3) is 8.95. The number of hydrogen-bond donors (Lipinski definition) is 0. The molecule has 60 valence electrons. The quantitative estimate of drug-likeness (QED) is 0.301. The predicted molar refractivity (Wildman–Crippen MR) is 60.3 cm³/mol. The van der Waals surface area contributed by atoms with Gasteiger partial charge in [0.1, 0.15) is 0 Å². The van der Waals surface area contributed by atoms with Crippen LogP contribution in [0.4, 0.5) is 0 Å². The Kier molecular flexibility index (Phi) is 10.9. The van der Waals surface area contributed by atoms with E-state index < -0.39 is 0 Å². The topological polar surface area (TPSA) is 0 Å². The van der Waals surface area contributed by atoms with Gasteiger partial charge in [-0.2, -0.15) is 0 Å². The average molecular weight is 317 g/mol. The average Bonchev–Trinajstić information content (AvgIpc) is 1.97. The molecule has 0 aliphatic heterocycles. The van der Waals surface area contributed by atoms with Crippen LogP contribution in [0.5, 0.6) is 0 Å². The molecule has 0 atom stereocenters. The van der Waals surface area contributed by atoms with Crippen LogP contribution in [0.15, 0.2) is 12.2 Å². The summed E-state index contributed by atoms with van der Waals surface area (Å²) in [5.74, 6) is 0. The molecule has 0 nitrogen and oxygen atoms in total. The summed E-state index contributed by atoms with van der Waals surface area (Å²) < 4.78 is 1.15. The second-order valence-corrected chi connectivity index (χ2v) is 3.84. The fraction of sp³-hybridized carbons (Fsp3) is 0.750. The summed E-state index contributed by atoms with van der Waals surface area (Å²) in [6.07, 6.45) is 9.79. The van der Waals surface area contributed by atoms with Crippen molar-refractivity contribution in [3.8, 4) is 0 Å². The van der Waals surface area contributed by atoms with Crippen molar-refractivity contribution in [1.29, 1.82) is 0 Å². The molecule has 0 aromatic heterocycles. The lowest BCUT2D eigenvalue weighted by atomic mass is 10.2. The van der Waals surface area contributed by atoms with Crippen molar-refractivity contribution in [3.05, 3.63) is 12.2 Å². The minimum atomic E-state index is 1.15. The maximum Gasteiger partial charge on any atom is 0.0175 e. The van der Waals surface area contributed by atoms with Gasteiger partial charge < -0.3 is 0 Å². The van der Waals surface area contributed by atoms with Crippen LogP contribution in [0.25, 0.3) is 0 Å². The van der Waals surface area contributed by atoms with Gasteiger partial charge in [-0.15, -0.1) is 0 Å². The largest absolute Gasteiger partial charge is 0.0928 e. The Morgan fingerprint density at radius 1 is 1.10 bits per heavy atom. The van der Waals surface area contributed by atoms with Crippen LogP contribution in [0.3, 0.4) is 0 Å². The van der Waals surface area contributed by atoms with Crippen LogP contribution in [0, 0.1) is 0 Å². The number of unbranched alkanes of at least 4 members (excludes halogenated alkanes) is 3. The Balaban J connectivity index is 2.83. The molecular weight excluding hydrogens is 303 g/mol. The van der Waals surface area contributed by atoms with Crippen LogP contribution in [0.2, 0.25) is 0 Å².